The van der Waals surface area contributed by atoms with Crippen molar-refractivity contribution in [3.63, 3.8) is 0 Å². The Balaban J connectivity index is 2.27. The average Bonchev–Trinajstić information content (AvgIpc) is 2.63. The van der Waals surface area contributed by atoms with E-state index < -0.39 is 0 Å². The fourth-order valence-electron chi connectivity index (χ4n) is 1.12. The van der Waals surface area contributed by atoms with E-state index in [1.165, 1.54) is 11.3 Å². The molecule has 0 saturated heterocycles. The van der Waals surface area contributed by atoms with Gasteiger partial charge in [0.2, 0.25) is 0 Å². The maximum atomic E-state index is 11.6. The number of thiophene rings is 1. The quantitative estimate of drug-likeness (QED) is 0.840. The maximum Gasteiger partial charge on any atom is 0.307 e. The van der Waals surface area contributed by atoms with Crippen molar-refractivity contribution in [2.24, 2.45) is 0 Å². The van der Waals surface area contributed by atoms with E-state index in [-0.39, 0.29) is 30.9 Å². The Kier molecular flexibility index (Phi) is 5.44. The van der Waals surface area contributed by atoms with Gasteiger partial charge < -0.3 is 10.1 Å². The molecular formula is C11H14ClNO3S. The van der Waals surface area contributed by atoms with Crippen molar-refractivity contribution in [3.05, 3.63) is 21.3 Å². The fourth-order valence-corrected chi connectivity index (χ4v) is 2.08. The number of amides is 1. The Morgan fingerprint density at radius 3 is 2.71 bits per heavy atom. The van der Waals surface area contributed by atoms with Crippen molar-refractivity contribution in [1.82, 2.24) is 5.32 Å². The third-order valence-corrected chi connectivity index (χ3v) is 3.01. The molecule has 0 aliphatic carbocycles. The SMILES string of the molecule is CC(C)OC(=O)CCNC(=O)c1ccc(Cl)s1. The van der Waals surface area contributed by atoms with Gasteiger partial charge >= 0.3 is 5.97 Å². The molecule has 0 aromatic carbocycles. The Labute approximate surface area is 109 Å². The summed E-state index contributed by atoms with van der Waals surface area (Å²) in [5, 5.41) is 2.63. The molecule has 0 saturated carbocycles. The van der Waals surface area contributed by atoms with Gasteiger partial charge in [-0.3, -0.25) is 9.59 Å². The Bertz CT molecular complexity index is 403. The summed E-state index contributed by atoms with van der Waals surface area (Å²) in [6.07, 6.45) is 0.0394. The van der Waals surface area contributed by atoms with E-state index in [0.717, 1.165) is 0 Å². The second-order valence-corrected chi connectivity index (χ2v) is 5.36. The zero-order valence-corrected chi connectivity index (χ0v) is 11.2. The molecule has 1 rings (SSSR count). The van der Waals surface area contributed by atoms with Crippen molar-refractivity contribution < 1.29 is 14.3 Å². The highest BCUT2D eigenvalue weighted by molar-refractivity contribution is 7.17. The van der Waals surface area contributed by atoms with Crippen LogP contribution in [0.5, 0.6) is 0 Å². The molecule has 0 aliphatic heterocycles. The number of carbonyl (C=O) groups excluding carboxylic acids is 2. The minimum atomic E-state index is -0.315. The van der Waals surface area contributed by atoms with Crippen LogP contribution in [0, 0.1) is 0 Å². The molecule has 0 aliphatic rings. The zero-order valence-electron chi connectivity index (χ0n) is 9.66. The number of hydrogen-bond donors (Lipinski definition) is 1. The summed E-state index contributed by atoms with van der Waals surface area (Å²) in [6.45, 7) is 3.83. The summed E-state index contributed by atoms with van der Waals surface area (Å²) >= 11 is 6.91. The number of esters is 1. The van der Waals surface area contributed by atoms with E-state index in [1.807, 2.05) is 0 Å². The van der Waals surface area contributed by atoms with Gasteiger partial charge in [-0.1, -0.05) is 11.6 Å². The molecule has 0 radical (unpaired) electrons. The molecule has 17 heavy (non-hydrogen) atoms. The predicted molar refractivity (Wildman–Crippen MR) is 67.5 cm³/mol. The monoisotopic (exact) mass is 275 g/mol. The van der Waals surface area contributed by atoms with Crippen LogP contribution < -0.4 is 5.32 Å². The largest absolute Gasteiger partial charge is 0.463 e. The molecule has 1 aromatic rings. The predicted octanol–water partition coefficient (Wildman–Crippen LogP) is 2.47. The van der Waals surface area contributed by atoms with E-state index in [1.54, 1.807) is 26.0 Å². The van der Waals surface area contributed by atoms with Gasteiger partial charge in [0.05, 0.1) is 21.7 Å². The molecule has 1 aromatic heterocycles. The lowest BCUT2D eigenvalue weighted by Crippen LogP contribution is -2.26. The first-order chi connectivity index (χ1) is 7.99. The van der Waals surface area contributed by atoms with Gasteiger partial charge in [0.15, 0.2) is 0 Å². The number of carbonyl (C=O) groups is 2. The highest BCUT2D eigenvalue weighted by atomic mass is 35.5. The van der Waals surface area contributed by atoms with Crippen LogP contribution in [0.1, 0.15) is 29.9 Å². The van der Waals surface area contributed by atoms with Gasteiger partial charge in [-0.05, 0) is 26.0 Å². The van der Waals surface area contributed by atoms with E-state index in [2.05, 4.69) is 5.32 Å². The first-order valence-corrected chi connectivity index (χ1v) is 6.41. The lowest BCUT2D eigenvalue weighted by atomic mass is 10.4. The Morgan fingerprint density at radius 2 is 2.18 bits per heavy atom. The van der Waals surface area contributed by atoms with Crippen LogP contribution in [0.2, 0.25) is 4.34 Å². The summed E-state index contributed by atoms with van der Waals surface area (Å²) < 4.78 is 5.50. The van der Waals surface area contributed by atoms with Gasteiger partial charge in [0, 0.05) is 6.54 Å². The molecule has 0 atom stereocenters. The molecule has 0 unspecified atom stereocenters. The third-order valence-electron chi connectivity index (χ3n) is 1.78. The molecule has 0 fully saturated rings. The van der Waals surface area contributed by atoms with E-state index >= 15 is 0 Å². The van der Waals surface area contributed by atoms with Crippen LogP contribution in [-0.4, -0.2) is 24.5 Å². The molecule has 1 N–H and O–H groups in total. The first kappa shape index (κ1) is 14.0. The highest BCUT2D eigenvalue weighted by Crippen LogP contribution is 2.20. The van der Waals surface area contributed by atoms with Gasteiger partial charge in [0.1, 0.15) is 0 Å². The van der Waals surface area contributed by atoms with Crippen molar-refractivity contribution in [1.29, 1.82) is 0 Å². The fraction of sp³-hybridized carbons (Fsp3) is 0.455. The minimum absolute atomic E-state index is 0.130. The van der Waals surface area contributed by atoms with Crippen molar-refractivity contribution in [2.45, 2.75) is 26.4 Å². The number of hydrogen-bond acceptors (Lipinski definition) is 4. The van der Waals surface area contributed by atoms with Gasteiger partial charge in [-0.15, -0.1) is 11.3 Å². The summed E-state index contributed by atoms with van der Waals surface area (Å²) in [6, 6.07) is 3.31. The smallest absolute Gasteiger partial charge is 0.307 e. The van der Waals surface area contributed by atoms with Crippen LogP contribution in [-0.2, 0) is 9.53 Å². The standard InChI is InChI=1S/C11H14ClNO3S/c1-7(2)16-10(14)5-6-13-11(15)8-3-4-9(12)17-8/h3-4,7H,5-6H2,1-2H3,(H,13,15). The Hall–Kier alpha value is -1.07. The summed E-state index contributed by atoms with van der Waals surface area (Å²) in [4.78, 5) is 23.3. The average molecular weight is 276 g/mol. The van der Waals surface area contributed by atoms with Crippen LogP contribution >= 0.6 is 22.9 Å². The number of nitrogens with one attached hydrogen (secondary N) is 1. The van der Waals surface area contributed by atoms with Crippen molar-refractivity contribution >= 4 is 34.8 Å². The van der Waals surface area contributed by atoms with Crippen LogP contribution in [0.3, 0.4) is 0 Å². The van der Waals surface area contributed by atoms with Crippen molar-refractivity contribution in [3.8, 4) is 0 Å². The molecule has 1 amide bonds. The summed E-state index contributed by atoms with van der Waals surface area (Å²) in [7, 11) is 0. The maximum absolute atomic E-state index is 11.6. The van der Waals surface area contributed by atoms with Crippen LogP contribution in [0.4, 0.5) is 0 Å². The lowest BCUT2D eigenvalue weighted by Gasteiger charge is -2.07. The van der Waals surface area contributed by atoms with Crippen LogP contribution in [0.25, 0.3) is 0 Å². The molecule has 0 bridgehead atoms. The lowest BCUT2D eigenvalue weighted by molar-refractivity contribution is -0.147. The van der Waals surface area contributed by atoms with Crippen LogP contribution in [0.15, 0.2) is 12.1 Å². The molecule has 4 nitrogen and oxygen atoms in total. The number of halogens is 1. The van der Waals surface area contributed by atoms with E-state index in [0.29, 0.717) is 9.21 Å². The second-order valence-electron chi connectivity index (χ2n) is 3.65. The van der Waals surface area contributed by atoms with Gasteiger partial charge in [-0.2, -0.15) is 0 Å². The first-order valence-electron chi connectivity index (χ1n) is 5.22. The molecule has 0 spiro atoms. The number of rotatable bonds is 5. The summed E-state index contributed by atoms with van der Waals surface area (Å²) in [5.74, 6) is -0.538. The third kappa shape index (κ3) is 5.19. The Morgan fingerprint density at radius 1 is 1.47 bits per heavy atom. The normalized spacial score (nSPS) is 10.4. The van der Waals surface area contributed by atoms with Gasteiger partial charge in [0.25, 0.3) is 5.91 Å². The zero-order chi connectivity index (χ0) is 12.8. The van der Waals surface area contributed by atoms with E-state index in [9.17, 15) is 9.59 Å². The summed E-state index contributed by atoms with van der Waals surface area (Å²) in [5.41, 5.74) is 0. The van der Waals surface area contributed by atoms with Crippen molar-refractivity contribution in [2.75, 3.05) is 6.54 Å². The topological polar surface area (TPSA) is 55.4 Å². The molecule has 1 heterocycles. The van der Waals surface area contributed by atoms with Gasteiger partial charge in [-0.25, -0.2) is 0 Å². The number of ether oxygens (including phenoxy) is 1. The molecular weight excluding hydrogens is 262 g/mol. The highest BCUT2D eigenvalue weighted by Gasteiger charge is 2.10. The second kappa shape index (κ2) is 6.61. The minimum Gasteiger partial charge on any atom is -0.463 e. The molecule has 94 valence electrons. The molecule has 6 heteroatoms. The van der Waals surface area contributed by atoms with E-state index in [4.69, 9.17) is 16.3 Å².